The summed E-state index contributed by atoms with van der Waals surface area (Å²) >= 11 is 0. The number of pyridine rings is 1. The molecular formula is C13H17N5O. The van der Waals surface area contributed by atoms with E-state index in [2.05, 4.69) is 15.0 Å². The van der Waals surface area contributed by atoms with E-state index in [9.17, 15) is 0 Å². The SMILES string of the molecule is COc1ncnc(N(C)CCc2ccncc2)c1N. The molecule has 0 amide bonds. The van der Waals surface area contributed by atoms with Gasteiger partial charge in [0.1, 0.15) is 12.0 Å². The molecule has 0 aliphatic rings. The number of ether oxygens (including phenoxy) is 1. The molecular weight excluding hydrogens is 242 g/mol. The van der Waals surface area contributed by atoms with Crippen molar-refractivity contribution in [3.05, 3.63) is 36.4 Å². The van der Waals surface area contributed by atoms with Gasteiger partial charge in [0.05, 0.1) is 7.11 Å². The summed E-state index contributed by atoms with van der Waals surface area (Å²) in [6.07, 6.45) is 5.92. The minimum absolute atomic E-state index is 0.403. The molecule has 0 saturated heterocycles. The van der Waals surface area contributed by atoms with Crippen LogP contribution in [-0.2, 0) is 6.42 Å². The lowest BCUT2D eigenvalue weighted by Crippen LogP contribution is -2.23. The van der Waals surface area contributed by atoms with Gasteiger partial charge in [-0.05, 0) is 24.1 Å². The number of hydrogen-bond donors (Lipinski definition) is 1. The highest BCUT2D eigenvalue weighted by atomic mass is 16.5. The fraction of sp³-hybridized carbons (Fsp3) is 0.308. The second-order valence-corrected chi connectivity index (χ2v) is 4.15. The minimum atomic E-state index is 0.403. The highest BCUT2D eigenvalue weighted by molar-refractivity contribution is 5.67. The van der Waals surface area contributed by atoms with E-state index >= 15 is 0 Å². The topological polar surface area (TPSA) is 77.2 Å². The number of aromatic nitrogens is 3. The maximum atomic E-state index is 5.96. The Morgan fingerprint density at radius 3 is 2.68 bits per heavy atom. The Kier molecular flexibility index (Phi) is 4.12. The van der Waals surface area contributed by atoms with Crippen LogP contribution in [0.15, 0.2) is 30.9 Å². The molecule has 0 fully saturated rings. The van der Waals surface area contributed by atoms with Crippen molar-refractivity contribution < 1.29 is 4.74 Å². The van der Waals surface area contributed by atoms with Crippen molar-refractivity contribution in [1.82, 2.24) is 15.0 Å². The standard InChI is InChI=1S/C13H17N5O/c1-18(8-5-10-3-6-15-7-4-10)12-11(14)13(19-2)17-9-16-12/h3-4,6-7,9H,5,8,14H2,1-2H3. The van der Waals surface area contributed by atoms with Gasteiger partial charge in [-0.1, -0.05) is 0 Å². The third kappa shape index (κ3) is 3.09. The van der Waals surface area contributed by atoms with Crippen LogP contribution in [0.3, 0.4) is 0 Å². The third-order valence-electron chi connectivity index (χ3n) is 2.87. The van der Waals surface area contributed by atoms with Crippen molar-refractivity contribution in [2.75, 3.05) is 31.3 Å². The summed E-state index contributed by atoms with van der Waals surface area (Å²) < 4.78 is 5.09. The van der Waals surface area contributed by atoms with Crippen LogP contribution in [-0.4, -0.2) is 35.7 Å². The van der Waals surface area contributed by atoms with Gasteiger partial charge in [-0.15, -0.1) is 0 Å². The van der Waals surface area contributed by atoms with Crippen LogP contribution < -0.4 is 15.4 Å². The number of nitrogens with two attached hydrogens (primary N) is 1. The monoisotopic (exact) mass is 259 g/mol. The summed E-state index contributed by atoms with van der Waals surface area (Å²) in [5.74, 6) is 1.08. The molecule has 0 saturated carbocycles. The minimum Gasteiger partial charge on any atom is -0.479 e. The van der Waals surface area contributed by atoms with Crippen molar-refractivity contribution in [1.29, 1.82) is 0 Å². The fourth-order valence-electron chi connectivity index (χ4n) is 1.79. The molecule has 100 valence electrons. The molecule has 2 rings (SSSR count). The zero-order chi connectivity index (χ0) is 13.7. The first-order valence-electron chi connectivity index (χ1n) is 5.97. The predicted molar refractivity (Wildman–Crippen MR) is 74.2 cm³/mol. The van der Waals surface area contributed by atoms with E-state index in [1.165, 1.54) is 11.9 Å². The van der Waals surface area contributed by atoms with Gasteiger partial charge >= 0.3 is 0 Å². The van der Waals surface area contributed by atoms with Crippen molar-refractivity contribution >= 4 is 11.5 Å². The third-order valence-corrected chi connectivity index (χ3v) is 2.87. The van der Waals surface area contributed by atoms with E-state index < -0.39 is 0 Å². The van der Waals surface area contributed by atoms with E-state index in [1.807, 2.05) is 24.1 Å². The molecule has 2 heterocycles. The van der Waals surface area contributed by atoms with Gasteiger partial charge in [0.15, 0.2) is 5.82 Å². The first-order valence-corrected chi connectivity index (χ1v) is 5.97. The molecule has 0 spiro atoms. The van der Waals surface area contributed by atoms with Crippen molar-refractivity contribution in [2.24, 2.45) is 0 Å². The average molecular weight is 259 g/mol. The Bertz CT molecular complexity index is 532. The number of likely N-dealkylation sites (N-methyl/N-ethyl adjacent to an activating group) is 1. The van der Waals surface area contributed by atoms with Gasteiger partial charge < -0.3 is 15.4 Å². The largest absolute Gasteiger partial charge is 0.479 e. The Hall–Kier alpha value is -2.37. The molecule has 2 aromatic rings. The molecule has 6 heteroatoms. The van der Waals surface area contributed by atoms with Gasteiger partial charge in [-0.25, -0.2) is 4.98 Å². The van der Waals surface area contributed by atoms with E-state index in [0.717, 1.165) is 13.0 Å². The molecule has 0 aliphatic heterocycles. The second-order valence-electron chi connectivity index (χ2n) is 4.15. The summed E-state index contributed by atoms with van der Waals surface area (Å²) in [4.78, 5) is 14.1. The molecule has 0 aromatic carbocycles. The molecule has 19 heavy (non-hydrogen) atoms. The lowest BCUT2D eigenvalue weighted by Gasteiger charge is -2.20. The number of rotatable bonds is 5. The molecule has 2 N–H and O–H groups in total. The van der Waals surface area contributed by atoms with E-state index in [0.29, 0.717) is 17.4 Å². The van der Waals surface area contributed by atoms with Gasteiger partial charge in [0.25, 0.3) is 0 Å². The van der Waals surface area contributed by atoms with Crippen molar-refractivity contribution in [2.45, 2.75) is 6.42 Å². The maximum Gasteiger partial charge on any atom is 0.242 e. The molecule has 2 aromatic heterocycles. The first kappa shape index (κ1) is 13.1. The van der Waals surface area contributed by atoms with Crippen molar-refractivity contribution in [3.8, 4) is 5.88 Å². The fourth-order valence-corrected chi connectivity index (χ4v) is 1.79. The number of hydrogen-bond acceptors (Lipinski definition) is 6. The van der Waals surface area contributed by atoms with E-state index in [4.69, 9.17) is 10.5 Å². The zero-order valence-corrected chi connectivity index (χ0v) is 11.1. The highest BCUT2D eigenvalue weighted by Gasteiger charge is 2.12. The maximum absolute atomic E-state index is 5.96. The van der Waals surface area contributed by atoms with Gasteiger partial charge in [-0.2, -0.15) is 4.98 Å². The van der Waals surface area contributed by atoms with Crippen LogP contribution in [0.1, 0.15) is 5.56 Å². The average Bonchev–Trinajstić information content (AvgIpc) is 2.46. The highest BCUT2D eigenvalue weighted by Crippen LogP contribution is 2.26. The molecule has 0 atom stereocenters. The Balaban J connectivity index is 2.06. The molecule has 0 aliphatic carbocycles. The molecule has 0 unspecified atom stereocenters. The molecule has 0 radical (unpaired) electrons. The summed E-state index contributed by atoms with van der Waals surface area (Å²) in [6.45, 7) is 0.800. The Morgan fingerprint density at radius 2 is 2.00 bits per heavy atom. The molecule has 6 nitrogen and oxygen atoms in total. The molecule has 0 bridgehead atoms. The Labute approximate surface area is 112 Å². The predicted octanol–water partition coefficient (Wildman–Crippen LogP) is 1.14. The number of nitrogens with zero attached hydrogens (tertiary/aromatic N) is 4. The lowest BCUT2D eigenvalue weighted by molar-refractivity contribution is 0.399. The van der Waals surface area contributed by atoms with Crippen LogP contribution in [0.2, 0.25) is 0 Å². The number of nitrogen functional groups attached to an aromatic ring is 1. The summed E-state index contributed by atoms with van der Waals surface area (Å²) in [7, 11) is 3.48. The van der Waals surface area contributed by atoms with Crippen LogP contribution >= 0.6 is 0 Å². The second kappa shape index (κ2) is 5.99. The summed E-state index contributed by atoms with van der Waals surface area (Å²) in [6, 6.07) is 4.00. The van der Waals surface area contributed by atoms with Gasteiger partial charge in [0.2, 0.25) is 5.88 Å². The Morgan fingerprint density at radius 1 is 1.26 bits per heavy atom. The van der Waals surface area contributed by atoms with Gasteiger partial charge in [-0.3, -0.25) is 4.98 Å². The van der Waals surface area contributed by atoms with Crippen LogP contribution in [0.4, 0.5) is 11.5 Å². The zero-order valence-electron chi connectivity index (χ0n) is 11.1. The summed E-state index contributed by atoms with van der Waals surface area (Å²) in [5.41, 5.74) is 7.65. The van der Waals surface area contributed by atoms with Crippen LogP contribution in [0, 0.1) is 0 Å². The summed E-state index contributed by atoms with van der Waals surface area (Å²) in [5, 5.41) is 0. The van der Waals surface area contributed by atoms with E-state index in [-0.39, 0.29) is 0 Å². The lowest BCUT2D eigenvalue weighted by atomic mass is 10.2. The van der Waals surface area contributed by atoms with Crippen molar-refractivity contribution in [3.63, 3.8) is 0 Å². The number of anilines is 2. The first-order chi connectivity index (χ1) is 9.22. The van der Waals surface area contributed by atoms with Crippen LogP contribution in [0.25, 0.3) is 0 Å². The quantitative estimate of drug-likeness (QED) is 0.867. The number of methoxy groups -OCH3 is 1. The smallest absolute Gasteiger partial charge is 0.242 e. The van der Waals surface area contributed by atoms with Crippen LogP contribution in [0.5, 0.6) is 5.88 Å². The van der Waals surface area contributed by atoms with Gasteiger partial charge in [0, 0.05) is 26.0 Å². The normalized spacial score (nSPS) is 10.2. The van der Waals surface area contributed by atoms with E-state index in [1.54, 1.807) is 19.5 Å².